The van der Waals surface area contributed by atoms with Crippen molar-refractivity contribution < 1.29 is 14.2 Å². The molecular weight excluding hydrogens is 192 g/mol. The third-order valence-corrected chi connectivity index (χ3v) is 1.33. The predicted octanol–water partition coefficient (Wildman–Crippen LogP) is 3.58. The first-order chi connectivity index (χ1) is 6.91. The summed E-state index contributed by atoms with van der Waals surface area (Å²) in [7, 11) is 0. The zero-order chi connectivity index (χ0) is 11.8. The molecule has 0 bridgehead atoms. The van der Waals surface area contributed by atoms with E-state index in [1.165, 1.54) is 0 Å². The van der Waals surface area contributed by atoms with Gasteiger partial charge in [0.25, 0.3) is 0 Å². The van der Waals surface area contributed by atoms with Crippen molar-refractivity contribution in [3.05, 3.63) is 24.0 Å². The van der Waals surface area contributed by atoms with Crippen LogP contribution >= 0.6 is 0 Å². The molecule has 0 aliphatic carbocycles. The first-order valence-electron chi connectivity index (χ1n) is 5.24. The smallest absolute Gasteiger partial charge is 0.135 e. The molecule has 3 nitrogen and oxygen atoms in total. The zero-order valence-corrected chi connectivity index (χ0v) is 10.5. The maximum Gasteiger partial charge on any atom is 0.135 e. The minimum atomic E-state index is 0.166. The van der Waals surface area contributed by atoms with Crippen LogP contribution in [0.3, 0.4) is 0 Å². The summed E-state index contributed by atoms with van der Waals surface area (Å²) in [6, 6.07) is 0. The summed E-state index contributed by atoms with van der Waals surface area (Å²) in [5.41, 5.74) is 0. The minimum Gasteiger partial charge on any atom is -0.495 e. The molecule has 0 unspecified atom stereocenters. The van der Waals surface area contributed by atoms with Crippen molar-refractivity contribution in [3.8, 4) is 0 Å². The van der Waals surface area contributed by atoms with Crippen LogP contribution in [0, 0.1) is 0 Å². The van der Waals surface area contributed by atoms with Crippen LogP contribution < -0.4 is 0 Å². The quantitative estimate of drug-likeness (QED) is 0.632. The fourth-order valence-corrected chi connectivity index (χ4v) is 0.766. The first-order valence-corrected chi connectivity index (χ1v) is 5.24. The second-order valence-corrected chi connectivity index (χ2v) is 3.93. The molecule has 0 radical (unpaired) electrons. The van der Waals surface area contributed by atoms with Crippen LogP contribution in [-0.4, -0.2) is 12.2 Å². The van der Waals surface area contributed by atoms with Gasteiger partial charge >= 0.3 is 0 Å². The summed E-state index contributed by atoms with van der Waals surface area (Å²) in [6.45, 7) is 11.6. The van der Waals surface area contributed by atoms with Crippen LogP contribution in [-0.2, 0) is 14.2 Å². The van der Waals surface area contributed by atoms with E-state index in [1.54, 1.807) is 12.5 Å². The van der Waals surface area contributed by atoms with Crippen molar-refractivity contribution in [1.82, 2.24) is 0 Å². The van der Waals surface area contributed by atoms with Gasteiger partial charge in [0, 0.05) is 0 Å². The van der Waals surface area contributed by atoms with Gasteiger partial charge in [0.05, 0.1) is 12.2 Å². The number of allylic oxidation sites excluding steroid dienone is 2. The van der Waals surface area contributed by atoms with Crippen LogP contribution in [0.5, 0.6) is 0 Å². The Hall–Kier alpha value is -1.12. The van der Waals surface area contributed by atoms with Crippen molar-refractivity contribution in [3.63, 3.8) is 0 Å². The Morgan fingerprint density at radius 3 is 1.40 bits per heavy atom. The molecule has 0 rings (SSSR count). The Bertz CT molecular complexity index is 203. The van der Waals surface area contributed by atoms with Gasteiger partial charge in [-0.05, 0) is 41.5 Å². The van der Waals surface area contributed by atoms with E-state index in [-0.39, 0.29) is 12.2 Å². The molecule has 0 spiro atoms. The largest absolute Gasteiger partial charge is 0.495 e. The maximum absolute atomic E-state index is 5.42. The monoisotopic (exact) mass is 214 g/mol. The van der Waals surface area contributed by atoms with Crippen molar-refractivity contribution >= 4 is 0 Å². The molecule has 0 saturated carbocycles. The highest BCUT2D eigenvalue weighted by molar-refractivity contribution is 4.92. The fraction of sp³-hybridized carbons (Fsp3) is 0.667. The molecule has 0 fully saturated rings. The van der Waals surface area contributed by atoms with Gasteiger partial charge in [-0.2, -0.15) is 0 Å². The molecule has 3 heteroatoms. The van der Waals surface area contributed by atoms with E-state index < -0.39 is 0 Å². The van der Waals surface area contributed by atoms with E-state index in [9.17, 15) is 0 Å². The second-order valence-electron chi connectivity index (χ2n) is 3.93. The molecule has 0 aromatic heterocycles. The van der Waals surface area contributed by atoms with E-state index in [4.69, 9.17) is 14.2 Å². The van der Waals surface area contributed by atoms with Crippen molar-refractivity contribution in [2.24, 2.45) is 0 Å². The van der Waals surface area contributed by atoms with E-state index >= 15 is 0 Å². The van der Waals surface area contributed by atoms with E-state index in [2.05, 4.69) is 0 Å². The molecule has 0 saturated heterocycles. The molecular formula is C12H22O3. The van der Waals surface area contributed by atoms with Crippen LogP contribution in [0.25, 0.3) is 0 Å². The van der Waals surface area contributed by atoms with Gasteiger partial charge in [-0.25, -0.2) is 0 Å². The van der Waals surface area contributed by atoms with Gasteiger partial charge < -0.3 is 14.2 Å². The highest BCUT2D eigenvalue weighted by atomic mass is 16.5. The molecule has 15 heavy (non-hydrogen) atoms. The number of ether oxygens (including phenoxy) is 3. The summed E-state index contributed by atoms with van der Waals surface area (Å²) in [5, 5.41) is 0. The van der Waals surface area contributed by atoms with E-state index in [1.807, 2.05) is 41.5 Å². The number of rotatable bonds is 6. The fourth-order valence-electron chi connectivity index (χ4n) is 0.766. The summed E-state index contributed by atoms with van der Waals surface area (Å²) in [6.07, 6.45) is 3.55. The predicted molar refractivity (Wildman–Crippen MR) is 61.0 cm³/mol. The molecule has 0 aliphatic rings. The summed E-state index contributed by atoms with van der Waals surface area (Å²) in [5.74, 6) is 1.43. The third-order valence-electron chi connectivity index (χ3n) is 1.33. The van der Waals surface area contributed by atoms with Gasteiger partial charge in [-0.15, -0.1) is 0 Å². The van der Waals surface area contributed by atoms with Gasteiger partial charge in [-0.3, -0.25) is 0 Å². The molecule has 0 aromatic carbocycles. The second kappa shape index (κ2) is 7.21. The molecule has 88 valence electrons. The lowest BCUT2D eigenvalue weighted by molar-refractivity contribution is 0.147. The topological polar surface area (TPSA) is 27.7 Å². The summed E-state index contributed by atoms with van der Waals surface area (Å²) < 4.78 is 16.0. The van der Waals surface area contributed by atoms with Gasteiger partial charge in [0.1, 0.15) is 24.0 Å². The Balaban J connectivity index is 3.99. The van der Waals surface area contributed by atoms with Crippen LogP contribution in [0.15, 0.2) is 24.0 Å². The van der Waals surface area contributed by atoms with Crippen molar-refractivity contribution in [1.29, 1.82) is 0 Å². The Labute approximate surface area is 92.7 Å². The normalized spacial score (nSPS) is 13.3. The lowest BCUT2D eigenvalue weighted by Gasteiger charge is -2.10. The number of hydrogen-bond donors (Lipinski definition) is 0. The van der Waals surface area contributed by atoms with Crippen LogP contribution in [0.2, 0.25) is 0 Å². The molecule has 0 N–H and O–H groups in total. The Morgan fingerprint density at radius 2 is 1.13 bits per heavy atom. The summed E-state index contributed by atoms with van der Waals surface area (Å²) in [4.78, 5) is 0. The summed E-state index contributed by atoms with van der Waals surface area (Å²) >= 11 is 0. The van der Waals surface area contributed by atoms with Crippen molar-refractivity contribution in [2.75, 3.05) is 0 Å². The van der Waals surface area contributed by atoms with Gasteiger partial charge in [0.2, 0.25) is 0 Å². The highest BCUT2D eigenvalue weighted by Gasteiger charge is 1.96. The minimum absolute atomic E-state index is 0.166. The molecule has 0 amide bonds. The lowest BCUT2D eigenvalue weighted by atomic mass is 10.5. The van der Waals surface area contributed by atoms with Crippen LogP contribution in [0.4, 0.5) is 0 Å². The molecule has 0 atom stereocenters. The maximum atomic E-state index is 5.42. The zero-order valence-electron chi connectivity index (χ0n) is 10.5. The average molecular weight is 214 g/mol. The highest BCUT2D eigenvalue weighted by Crippen LogP contribution is 2.07. The number of hydrogen-bond acceptors (Lipinski definition) is 3. The molecule has 0 aromatic rings. The Kier molecular flexibility index (Phi) is 6.67. The third kappa shape index (κ3) is 9.19. The average Bonchev–Trinajstić information content (AvgIpc) is 2.11. The van der Waals surface area contributed by atoms with Gasteiger partial charge in [-0.1, -0.05) is 0 Å². The lowest BCUT2D eigenvalue weighted by Crippen LogP contribution is -1.99. The molecule has 0 aliphatic heterocycles. The van der Waals surface area contributed by atoms with Gasteiger partial charge in [0.15, 0.2) is 0 Å². The molecule has 0 heterocycles. The van der Waals surface area contributed by atoms with E-state index in [0.29, 0.717) is 11.5 Å². The van der Waals surface area contributed by atoms with Crippen LogP contribution in [0.1, 0.15) is 41.5 Å². The van der Waals surface area contributed by atoms with E-state index in [0.717, 1.165) is 0 Å². The standard InChI is InChI=1S/C12H22O3/c1-9(2)13-7-11(5)15-12(6)8-14-10(3)4/h7-10H,1-6H3/b11-7-,12-8-. The Morgan fingerprint density at radius 1 is 0.800 bits per heavy atom. The van der Waals surface area contributed by atoms with Crippen molar-refractivity contribution in [2.45, 2.75) is 53.8 Å². The SMILES string of the molecule is C/C(=C/OC(C)C)O/C(C)=C\OC(C)C. The first kappa shape index (κ1) is 13.9.